The molecule has 0 aliphatic carbocycles. The molecule has 0 radical (unpaired) electrons. The van der Waals surface area contributed by atoms with E-state index in [0.717, 1.165) is 19.4 Å². The summed E-state index contributed by atoms with van der Waals surface area (Å²) in [7, 11) is 0. The first kappa shape index (κ1) is 14.7. The van der Waals surface area contributed by atoms with Crippen molar-refractivity contribution in [1.29, 1.82) is 0 Å². The van der Waals surface area contributed by atoms with E-state index in [2.05, 4.69) is 46.7 Å². The SMILES string of the molecule is O=C(Nc1ccccn1)N1CCC[C@H]1c1cccc2ccccc12. The van der Waals surface area contributed by atoms with Crippen LogP contribution in [0.2, 0.25) is 0 Å². The summed E-state index contributed by atoms with van der Waals surface area (Å²) in [6, 6.07) is 20.2. The molecule has 24 heavy (non-hydrogen) atoms. The van der Waals surface area contributed by atoms with Gasteiger partial charge in [-0.3, -0.25) is 5.32 Å². The highest BCUT2D eigenvalue weighted by atomic mass is 16.2. The van der Waals surface area contributed by atoms with Crippen molar-refractivity contribution in [2.75, 3.05) is 11.9 Å². The molecule has 2 heterocycles. The Labute approximate surface area is 141 Å². The molecule has 4 heteroatoms. The molecule has 0 unspecified atom stereocenters. The maximum atomic E-state index is 12.7. The number of benzene rings is 2. The number of hydrogen-bond donors (Lipinski definition) is 1. The fourth-order valence-electron chi connectivity index (χ4n) is 3.49. The van der Waals surface area contributed by atoms with Crippen LogP contribution in [0.15, 0.2) is 66.9 Å². The Morgan fingerprint density at radius 1 is 1.04 bits per heavy atom. The van der Waals surface area contributed by atoms with E-state index in [1.165, 1.54) is 16.3 Å². The number of carbonyl (C=O) groups excluding carboxylic acids is 1. The van der Waals surface area contributed by atoms with Crippen LogP contribution in [0, 0.1) is 0 Å². The second-order valence-electron chi connectivity index (χ2n) is 6.06. The normalized spacial score (nSPS) is 17.2. The van der Waals surface area contributed by atoms with Gasteiger partial charge in [-0.05, 0) is 41.3 Å². The summed E-state index contributed by atoms with van der Waals surface area (Å²) in [6.45, 7) is 0.770. The topological polar surface area (TPSA) is 45.2 Å². The Hall–Kier alpha value is -2.88. The van der Waals surface area contributed by atoms with Gasteiger partial charge in [0.1, 0.15) is 5.82 Å². The molecule has 0 bridgehead atoms. The van der Waals surface area contributed by atoms with Crippen LogP contribution in [0.4, 0.5) is 10.6 Å². The summed E-state index contributed by atoms with van der Waals surface area (Å²) in [6.07, 6.45) is 3.69. The van der Waals surface area contributed by atoms with Gasteiger partial charge in [-0.15, -0.1) is 0 Å². The van der Waals surface area contributed by atoms with Crippen molar-refractivity contribution >= 4 is 22.6 Å². The second kappa shape index (κ2) is 6.32. The molecule has 3 aromatic rings. The molecule has 1 aliphatic heterocycles. The Balaban J connectivity index is 1.64. The van der Waals surface area contributed by atoms with Gasteiger partial charge in [0.15, 0.2) is 0 Å². The molecule has 1 aliphatic rings. The van der Waals surface area contributed by atoms with Gasteiger partial charge in [0.05, 0.1) is 6.04 Å². The highest BCUT2D eigenvalue weighted by Gasteiger charge is 2.31. The number of pyridine rings is 1. The molecule has 4 nitrogen and oxygen atoms in total. The molecule has 1 N–H and O–H groups in total. The Kier molecular flexibility index (Phi) is 3.87. The van der Waals surface area contributed by atoms with E-state index >= 15 is 0 Å². The number of likely N-dealkylation sites (tertiary alicyclic amines) is 1. The molecule has 120 valence electrons. The van der Waals surface area contributed by atoms with Crippen molar-refractivity contribution in [2.45, 2.75) is 18.9 Å². The van der Waals surface area contributed by atoms with E-state index in [1.807, 2.05) is 23.1 Å². The lowest BCUT2D eigenvalue weighted by Crippen LogP contribution is -2.34. The average Bonchev–Trinajstić information content (AvgIpc) is 3.12. The van der Waals surface area contributed by atoms with Gasteiger partial charge in [-0.1, -0.05) is 48.5 Å². The molecule has 0 saturated carbocycles. The highest BCUT2D eigenvalue weighted by molar-refractivity contribution is 5.90. The second-order valence-corrected chi connectivity index (χ2v) is 6.06. The minimum Gasteiger partial charge on any atom is -0.317 e. The van der Waals surface area contributed by atoms with Crippen molar-refractivity contribution in [3.63, 3.8) is 0 Å². The van der Waals surface area contributed by atoms with E-state index in [-0.39, 0.29) is 12.1 Å². The lowest BCUT2D eigenvalue weighted by Gasteiger charge is -2.26. The minimum absolute atomic E-state index is 0.0795. The zero-order valence-electron chi connectivity index (χ0n) is 13.4. The summed E-state index contributed by atoms with van der Waals surface area (Å²) in [5.41, 5.74) is 1.22. The number of amides is 2. The zero-order chi connectivity index (χ0) is 16.4. The van der Waals surface area contributed by atoms with Crippen LogP contribution in [-0.4, -0.2) is 22.5 Å². The molecule has 1 atom stereocenters. The van der Waals surface area contributed by atoms with Gasteiger partial charge < -0.3 is 4.90 Å². The monoisotopic (exact) mass is 317 g/mol. The van der Waals surface area contributed by atoms with Gasteiger partial charge in [-0.2, -0.15) is 0 Å². The molecular weight excluding hydrogens is 298 g/mol. The molecule has 1 aromatic heterocycles. The summed E-state index contributed by atoms with van der Waals surface area (Å²) in [5, 5.41) is 5.35. The zero-order valence-corrected chi connectivity index (χ0v) is 13.4. The van der Waals surface area contributed by atoms with Gasteiger partial charge in [0.2, 0.25) is 0 Å². The standard InChI is InChI=1S/C20H19N3O/c24-20(22-19-12-3-4-13-21-19)23-14-6-11-18(23)17-10-5-8-15-7-1-2-9-16(15)17/h1-5,7-10,12-13,18H,6,11,14H2,(H,21,22,24)/t18-/m0/s1. The number of aromatic nitrogens is 1. The number of nitrogens with one attached hydrogen (secondary N) is 1. The van der Waals surface area contributed by atoms with Crippen molar-refractivity contribution in [3.05, 3.63) is 72.4 Å². The van der Waals surface area contributed by atoms with Crippen LogP contribution in [0.3, 0.4) is 0 Å². The summed E-state index contributed by atoms with van der Waals surface area (Å²) in [4.78, 5) is 18.8. The summed E-state index contributed by atoms with van der Waals surface area (Å²) < 4.78 is 0. The third-order valence-electron chi connectivity index (χ3n) is 4.60. The quantitative estimate of drug-likeness (QED) is 0.750. The maximum absolute atomic E-state index is 12.7. The van der Waals surface area contributed by atoms with Gasteiger partial charge in [0, 0.05) is 12.7 Å². The maximum Gasteiger partial charge on any atom is 0.323 e. The van der Waals surface area contributed by atoms with E-state index in [4.69, 9.17) is 0 Å². The lowest BCUT2D eigenvalue weighted by atomic mass is 9.97. The fraction of sp³-hybridized carbons (Fsp3) is 0.200. The first-order valence-corrected chi connectivity index (χ1v) is 8.29. The Morgan fingerprint density at radius 2 is 1.88 bits per heavy atom. The Bertz CT molecular complexity index is 858. The van der Waals surface area contributed by atoms with Crippen molar-refractivity contribution in [1.82, 2.24) is 9.88 Å². The van der Waals surface area contributed by atoms with E-state index < -0.39 is 0 Å². The number of anilines is 1. The molecule has 2 amide bonds. The van der Waals surface area contributed by atoms with Crippen LogP contribution >= 0.6 is 0 Å². The number of urea groups is 1. The predicted molar refractivity (Wildman–Crippen MR) is 95.9 cm³/mol. The van der Waals surface area contributed by atoms with Crippen LogP contribution in [0.25, 0.3) is 10.8 Å². The third-order valence-corrected chi connectivity index (χ3v) is 4.60. The van der Waals surface area contributed by atoms with Crippen molar-refractivity contribution in [3.8, 4) is 0 Å². The van der Waals surface area contributed by atoms with Crippen LogP contribution in [0.5, 0.6) is 0 Å². The van der Waals surface area contributed by atoms with E-state index in [0.29, 0.717) is 5.82 Å². The van der Waals surface area contributed by atoms with Crippen LogP contribution in [0.1, 0.15) is 24.4 Å². The fourth-order valence-corrected chi connectivity index (χ4v) is 3.49. The largest absolute Gasteiger partial charge is 0.323 e. The lowest BCUT2D eigenvalue weighted by molar-refractivity contribution is 0.207. The first-order valence-electron chi connectivity index (χ1n) is 8.29. The smallest absolute Gasteiger partial charge is 0.317 e. The molecule has 0 spiro atoms. The molecule has 1 fully saturated rings. The van der Waals surface area contributed by atoms with Crippen molar-refractivity contribution < 1.29 is 4.79 Å². The molecule has 4 rings (SSSR count). The van der Waals surface area contributed by atoms with Crippen LogP contribution in [-0.2, 0) is 0 Å². The van der Waals surface area contributed by atoms with Gasteiger partial charge >= 0.3 is 6.03 Å². The average molecular weight is 317 g/mol. The molecule has 1 saturated heterocycles. The third kappa shape index (κ3) is 2.71. The number of carbonyl (C=O) groups is 1. The predicted octanol–water partition coefficient (Wildman–Crippen LogP) is 4.60. The molecular formula is C20H19N3O. The Morgan fingerprint density at radius 3 is 2.75 bits per heavy atom. The number of hydrogen-bond acceptors (Lipinski definition) is 2. The highest BCUT2D eigenvalue weighted by Crippen LogP contribution is 2.36. The number of fused-ring (bicyclic) bond motifs is 1. The number of rotatable bonds is 2. The van der Waals surface area contributed by atoms with Gasteiger partial charge in [-0.25, -0.2) is 9.78 Å². The van der Waals surface area contributed by atoms with Crippen LogP contribution < -0.4 is 5.32 Å². The van der Waals surface area contributed by atoms with Crippen molar-refractivity contribution in [2.24, 2.45) is 0 Å². The minimum atomic E-state index is -0.0795. The first-order chi connectivity index (χ1) is 11.8. The number of nitrogens with zero attached hydrogens (tertiary/aromatic N) is 2. The summed E-state index contributed by atoms with van der Waals surface area (Å²) in [5.74, 6) is 0.589. The summed E-state index contributed by atoms with van der Waals surface area (Å²) >= 11 is 0. The van der Waals surface area contributed by atoms with Gasteiger partial charge in [0.25, 0.3) is 0 Å². The van der Waals surface area contributed by atoms with E-state index in [1.54, 1.807) is 12.3 Å². The molecule has 2 aromatic carbocycles. The van der Waals surface area contributed by atoms with E-state index in [9.17, 15) is 4.79 Å².